The molecule has 1 amide bonds. The van der Waals surface area contributed by atoms with E-state index in [2.05, 4.69) is 6.07 Å². The predicted octanol–water partition coefficient (Wildman–Crippen LogP) is 2.24. The molecule has 0 aliphatic rings. The molecule has 1 aromatic carbocycles. The third kappa shape index (κ3) is 4.39. The van der Waals surface area contributed by atoms with Crippen molar-refractivity contribution in [3.63, 3.8) is 0 Å². The maximum Gasteiger partial charge on any atom is 0.293 e. The number of rotatable bonds is 6. The maximum absolute atomic E-state index is 12.3. The monoisotopic (exact) mass is 332 g/mol. The molecule has 1 aromatic heterocycles. The van der Waals surface area contributed by atoms with Gasteiger partial charge < -0.3 is 14.2 Å². The molecule has 5 nitrogen and oxygen atoms in total. The summed E-state index contributed by atoms with van der Waals surface area (Å²) in [6, 6.07) is 11.3. The molecular weight excluding hydrogens is 312 g/mol. The first-order valence-corrected chi connectivity index (χ1v) is 8.38. The zero-order valence-corrected chi connectivity index (χ0v) is 14.3. The fourth-order valence-electron chi connectivity index (χ4n) is 2.19. The van der Waals surface area contributed by atoms with Gasteiger partial charge in [-0.15, -0.1) is 11.8 Å². The van der Waals surface area contributed by atoms with Crippen LogP contribution in [0.3, 0.4) is 0 Å². The van der Waals surface area contributed by atoms with Crippen molar-refractivity contribution in [1.29, 1.82) is 0 Å². The van der Waals surface area contributed by atoms with Gasteiger partial charge in [0.1, 0.15) is 6.54 Å². The van der Waals surface area contributed by atoms with Crippen LogP contribution in [0.25, 0.3) is 0 Å². The maximum atomic E-state index is 12.3. The highest BCUT2D eigenvalue weighted by atomic mass is 32.2. The zero-order valence-electron chi connectivity index (χ0n) is 13.5. The molecule has 0 fully saturated rings. The molecule has 2 rings (SSSR count). The second-order valence-electron chi connectivity index (χ2n) is 5.11. The van der Waals surface area contributed by atoms with Crippen molar-refractivity contribution in [1.82, 2.24) is 9.47 Å². The van der Waals surface area contributed by atoms with Gasteiger partial charge in [-0.3, -0.25) is 9.59 Å². The fraction of sp³-hybridized carbons (Fsp3) is 0.294. The number of carbonyl (C=O) groups is 1. The Morgan fingerprint density at radius 2 is 2.09 bits per heavy atom. The third-order valence-corrected chi connectivity index (χ3v) is 4.22. The number of aromatic nitrogens is 1. The smallest absolute Gasteiger partial charge is 0.293 e. The number of benzene rings is 1. The lowest BCUT2D eigenvalue weighted by Gasteiger charge is -2.18. The van der Waals surface area contributed by atoms with Crippen molar-refractivity contribution in [3.05, 3.63) is 58.5 Å². The van der Waals surface area contributed by atoms with Crippen LogP contribution in [-0.2, 0) is 17.9 Å². The van der Waals surface area contributed by atoms with Gasteiger partial charge in [-0.05, 0) is 36.1 Å². The molecule has 0 saturated heterocycles. The number of likely N-dealkylation sites (N-methyl/N-ethyl adjacent to an activating group) is 1. The molecule has 2 aromatic rings. The van der Waals surface area contributed by atoms with Crippen molar-refractivity contribution in [3.8, 4) is 5.75 Å². The summed E-state index contributed by atoms with van der Waals surface area (Å²) in [4.78, 5) is 27.2. The number of hydrogen-bond donors (Lipinski definition) is 0. The lowest BCUT2D eigenvalue weighted by atomic mass is 10.2. The Morgan fingerprint density at radius 1 is 1.30 bits per heavy atom. The Bertz CT molecular complexity index is 743. The van der Waals surface area contributed by atoms with Crippen LogP contribution >= 0.6 is 11.8 Å². The molecular formula is C17H20N2O3S. The summed E-state index contributed by atoms with van der Waals surface area (Å²) in [7, 11) is 3.17. The first kappa shape index (κ1) is 17.1. The number of pyridine rings is 1. The van der Waals surface area contributed by atoms with E-state index < -0.39 is 0 Å². The molecule has 0 unspecified atom stereocenters. The van der Waals surface area contributed by atoms with E-state index >= 15 is 0 Å². The van der Waals surface area contributed by atoms with Crippen LogP contribution in [0.1, 0.15) is 5.56 Å². The van der Waals surface area contributed by atoms with Gasteiger partial charge in [0.25, 0.3) is 5.56 Å². The van der Waals surface area contributed by atoms with E-state index in [1.54, 1.807) is 42.0 Å². The number of amides is 1. The second-order valence-corrected chi connectivity index (χ2v) is 5.99. The minimum absolute atomic E-state index is 0.00521. The standard InChI is InChI=1S/C17H20N2O3S/c1-18(11-13-6-4-7-14(10-13)23-3)16(20)12-19-9-5-8-15(22-2)17(19)21/h4-10H,11-12H2,1-3H3. The molecule has 0 saturated carbocycles. The third-order valence-electron chi connectivity index (χ3n) is 3.49. The van der Waals surface area contributed by atoms with Gasteiger partial charge in [0.2, 0.25) is 5.91 Å². The van der Waals surface area contributed by atoms with Crippen LogP contribution in [0.15, 0.2) is 52.3 Å². The van der Waals surface area contributed by atoms with Crippen LogP contribution in [0, 0.1) is 0 Å². The van der Waals surface area contributed by atoms with Gasteiger partial charge in [0.05, 0.1) is 7.11 Å². The largest absolute Gasteiger partial charge is 0.491 e. The van der Waals surface area contributed by atoms with E-state index in [0.717, 1.165) is 10.5 Å². The Balaban J connectivity index is 2.07. The fourth-order valence-corrected chi connectivity index (χ4v) is 2.68. The van der Waals surface area contributed by atoms with E-state index in [1.165, 1.54) is 11.7 Å². The molecule has 23 heavy (non-hydrogen) atoms. The van der Waals surface area contributed by atoms with E-state index in [9.17, 15) is 9.59 Å². The van der Waals surface area contributed by atoms with Crippen molar-refractivity contribution >= 4 is 17.7 Å². The van der Waals surface area contributed by atoms with E-state index in [-0.39, 0.29) is 23.8 Å². The molecule has 0 N–H and O–H groups in total. The average Bonchev–Trinajstić information content (AvgIpc) is 2.56. The zero-order chi connectivity index (χ0) is 16.8. The summed E-state index contributed by atoms with van der Waals surface area (Å²) in [6.07, 6.45) is 3.61. The summed E-state index contributed by atoms with van der Waals surface area (Å²) in [5.41, 5.74) is 0.756. The summed E-state index contributed by atoms with van der Waals surface area (Å²) in [5, 5.41) is 0. The van der Waals surface area contributed by atoms with Crippen molar-refractivity contribution in [2.24, 2.45) is 0 Å². The van der Waals surface area contributed by atoms with Crippen LogP contribution < -0.4 is 10.3 Å². The Hall–Kier alpha value is -2.21. The van der Waals surface area contributed by atoms with Crippen LogP contribution in [0.5, 0.6) is 5.75 Å². The summed E-state index contributed by atoms with van der Waals surface area (Å²) < 4.78 is 6.35. The van der Waals surface area contributed by atoms with Crippen molar-refractivity contribution in [2.45, 2.75) is 18.0 Å². The first-order chi connectivity index (χ1) is 11.0. The molecule has 0 atom stereocenters. The van der Waals surface area contributed by atoms with Gasteiger partial charge in [0, 0.05) is 24.7 Å². The van der Waals surface area contributed by atoms with Crippen molar-refractivity contribution in [2.75, 3.05) is 20.4 Å². The normalized spacial score (nSPS) is 10.4. The molecule has 0 aliphatic heterocycles. The highest BCUT2D eigenvalue weighted by Gasteiger charge is 2.12. The minimum atomic E-state index is -0.305. The van der Waals surface area contributed by atoms with E-state index in [0.29, 0.717) is 6.54 Å². The van der Waals surface area contributed by atoms with Crippen molar-refractivity contribution < 1.29 is 9.53 Å². The number of hydrogen-bond acceptors (Lipinski definition) is 4. The Labute approximate surface area is 139 Å². The lowest BCUT2D eigenvalue weighted by molar-refractivity contribution is -0.131. The van der Waals surface area contributed by atoms with Gasteiger partial charge in [0.15, 0.2) is 5.75 Å². The first-order valence-electron chi connectivity index (χ1n) is 7.15. The van der Waals surface area contributed by atoms with E-state index in [4.69, 9.17) is 4.74 Å². The van der Waals surface area contributed by atoms with Gasteiger partial charge in [-0.1, -0.05) is 12.1 Å². The number of nitrogens with zero attached hydrogens (tertiary/aromatic N) is 2. The highest BCUT2D eigenvalue weighted by Crippen LogP contribution is 2.16. The van der Waals surface area contributed by atoms with Crippen LogP contribution in [-0.4, -0.2) is 35.8 Å². The summed E-state index contributed by atoms with van der Waals surface area (Å²) >= 11 is 1.66. The van der Waals surface area contributed by atoms with Crippen LogP contribution in [0.2, 0.25) is 0 Å². The summed E-state index contributed by atoms with van der Waals surface area (Å²) in [5.74, 6) is 0.102. The molecule has 0 radical (unpaired) electrons. The summed E-state index contributed by atoms with van der Waals surface area (Å²) in [6.45, 7) is 0.501. The average molecular weight is 332 g/mol. The predicted molar refractivity (Wildman–Crippen MR) is 92.0 cm³/mol. The molecule has 6 heteroatoms. The Morgan fingerprint density at radius 3 is 2.78 bits per heavy atom. The SMILES string of the molecule is COc1cccn(CC(=O)N(C)Cc2cccc(SC)c2)c1=O. The number of methoxy groups -OCH3 is 1. The minimum Gasteiger partial charge on any atom is -0.491 e. The second kappa shape index (κ2) is 7.87. The Kier molecular flexibility index (Phi) is 5.87. The van der Waals surface area contributed by atoms with E-state index in [1.807, 2.05) is 24.5 Å². The molecule has 0 spiro atoms. The topological polar surface area (TPSA) is 51.5 Å². The van der Waals surface area contributed by atoms with Gasteiger partial charge in [-0.2, -0.15) is 0 Å². The molecule has 0 bridgehead atoms. The molecule has 122 valence electrons. The lowest BCUT2D eigenvalue weighted by Crippen LogP contribution is -2.33. The quantitative estimate of drug-likeness (QED) is 0.761. The number of thioether (sulfide) groups is 1. The van der Waals surface area contributed by atoms with Crippen LogP contribution in [0.4, 0.5) is 0 Å². The highest BCUT2D eigenvalue weighted by molar-refractivity contribution is 7.98. The van der Waals surface area contributed by atoms with Gasteiger partial charge in [-0.25, -0.2) is 0 Å². The number of carbonyl (C=O) groups excluding carboxylic acids is 1. The number of ether oxygens (including phenoxy) is 1. The molecule has 1 heterocycles. The van der Waals surface area contributed by atoms with Gasteiger partial charge >= 0.3 is 0 Å². The molecule has 0 aliphatic carbocycles.